The molecule has 2 aliphatic heterocycles. The third-order valence-electron chi connectivity index (χ3n) is 6.90. The molecule has 0 aliphatic carbocycles. The highest BCUT2D eigenvalue weighted by Gasteiger charge is 2.36. The third kappa shape index (κ3) is 4.95. The van der Waals surface area contributed by atoms with Crippen LogP contribution in [0.1, 0.15) is 42.2 Å². The van der Waals surface area contributed by atoms with Crippen LogP contribution in [0.4, 0.5) is 18.0 Å². The Bertz CT molecular complexity index is 1230. The number of likely N-dealkylation sites (tertiary alicyclic amines) is 1. The standard InChI is InChI=1S/C26H27F3N4O3/c1-2-16-3-5-17(6-4-16)18-11-19(15-33(14-18)26(34)32-7-9-35-10-8-32)25-30-24(31-36-25)20-12-22(28)23(29)13-21(20)27/h3-6,12-13,18-19H,2,7-11,14-15H2,1H3. The van der Waals surface area contributed by atoms with Gasteiger partial charge in [-0.15, -0.1) is 0 Å². The molecule has 0 radical (unpaired) electrons. The van der Waals surface area contributed by atoms with Crippen molar-refractivity contribution in [3.05, 3.63) is 70.9 Å². The molecule has 5 rings (SSSR count). The van der Waals surface area contributed by atoms with Crippen molar-refractivity contribution in [2.24, 2.45) is 0 Å². The number of nitrogens with zero attached hydrogens (tertiary/aromatic N) is 4. The Labute approximate surface area is 206 Å². The molecule has 3 aromatic rings. The van der Waals surface area contributed by atoms with Crippen LogP contribution in [0.2, 0.25) is 0 Å². The molecule has 1 aromatic heterocycles. The highest BCUT2D eigenvalue weighted by Crippen LogP contribution is 2.37. The van der Waals surface area contributed by atoms with Crippen molar-refractivity contribution < 1.29 is 27.2 Å². The number of halogens is 3. The summed E-state index contributed by atoms with van der Waals surface area (Å²) in [6, 6.07) is 9.43. The second-order valence-electron chi connectivity index (χ2n) is 9.21. The topological polar surface area (TPSA) is 71.7 Å². The number of piperidine rings is 1. The number of aromatic nitrogens is 2. The molecule has 3 heterocycles. The normalized spacial score (nSPS) is 20.6. The Morgan fingerprint density at radius 2 is 1.67 bits per heavy atom. The highest BCUT2D eigenvalue weighted by molar-refractivity contribution is 5.75. The average molecular weight is 501 g/mol. The Morgan fingerprint density at radius 3 is 2.39 bits per heavy atom. The van der Waals surface area contributed by atoms with E-state index in [0.717, 1.165) is 12.0 Å². The van der Waals surface area contributed by atoms with Gasteiger partial charge in [0.2, 0.25) is 11.7 Å². The van der Waals surface area contributed by atoms with E-state index in [1.807, 2.05) is 0 Å². The first kappa shape index (κ1) is 24.3. The van der Waals surface area contributed by atoms with Crippen LogP contribution in [-0.2, 0) is 11.2 Å². The van der Waals surface area contributed by atoms with Gasteiger partial charge >= 0.3 is 6.03 Å². The predicted octanol–water partition coefficient (Wildman–Crippen LogP) is 4.74. The molecule has 0 bridgehead atoms. The summed E-state index contributed by atoms with van der Waals surface area (Å²) in [5.41, 5.74) is 2.04. The summed E-state index contributed by atoms with van der Waals surface area (Å²) in [7, 11) is 0. The van der Waals surface area contributed by atoms with E-state index >= 15 is 0 Å². The van der Waals surface area contributed by atoms with Crippen LogP contribution in [0.15, 0.2) is 40.9 Å². The molecule has 2 amide bonds. The molecule has 190 valence electrons. The largest absolute Gasteiger partial charge is 0.378 e. The molecule has 2 aromatic carbocycles. The first-order chi connectivity index (χ1) is 17.4. The molecule has 0 spiro atoms. The number of amides is 2. The monoisotopic (exact) mass is 500 g/mol. The second-order valence-corrected chi connectivity index (χ2v) is 9.21. The maximum absolute atomic E-state index is 14.3. The maximum Gasteiger partial charge on any atom is 0.320 e. The minimum absolute atomic E-state index is 0.0231. The second kappa shape index (κ2) is 10.3. The van der Waals surface area contributed by atoms with Gasteiger partial charge in [0, 0.05) is 38.2 Å². The van der Waals surface area contributed by atoms with E-state index in [0.29, 0.717) is 57.9 Å². The number of aryl methyl sites for hydroxylation is 1. The van der Waals surface area contributed by atoms with Crippen LogP contribution < -0.4 is 0 Å². The minimum Gasteiger partial charge on any atom is -0.378 e. The molecule has 36 heavy (non-hydrogen) atoms. The lowest BCUT2D eigenvalue weighted by molar-refractivity contribution is 0.0392. The summed E-state index contributed by atoms with van der Waals surface area (Å²) < 4.78 is 52.2. The lowest BCUT2D eigenvalue weighted by Crippen LogP contribution is -2.52. The number of hydrogen-bond acceptors (Lipinski definition) is 5. The smallest absolute Gasteiger partial charge is 0.320 e. The van der Waals surface area contributed by atoms with E-state index in [4.69, 9.17) is 9.26 Å². The van der Waals surface area contributed by atoms with Gasteiger partial charge in [0.05, 0.1) is 24.7 Å². The zero-order valence-electron chi connectivity index (χ0n) is 19.9. The fourth-order valence-electron chi connectivity index (χ4n) is 4.86. The van der Waals surface area contributed by atoms with Gasteiger partial charge in [-0.2, -0.15) is 4.98 Å². The summed E-state index contributed by atoms with van der Waals surface area (Å²) >= 11 is 0. The van der Waals surface area contributed by atoms with Crippen LogP contribution in [-0.4, -0.2) is 65.4 Å². The summed E-state index contributed by atoms with van der Waals surface area (Å²) in [6.07, 6.45) is 1.57. The first-order valence-electron chi connectivity index (χ1n) is 12.1. The summed E-state index contributed by atoms with van der Waals surface area (Å²) in [5, 5.41) is 3.83. The Morgan fingerprint density at radius 1 is 0.972 bits per heavy atom. The van der Waals surface area contributed by atoms with Crippen molar-refractivity contribution in [1.82, 2.24) is 19.9 Å². The Hall–Kier alpha value is -3.40. The van der Waals surface area contributed by atoms with E-state index in [2.05, 4.69) is 41.3 Å². The number of benzene rings is 2. The van der Waals surface area contributed by atoms with E-state index < -0.39 is 17.5 Å². The van der Waals surface area contributed by atoms with E-state index in [1.54, 1.807) is 9.80 Å². The highest BCUT2D eigenvalue weighted by atomic mass is 19.2. The average Bonchev–Trinajstić information content (AvgIpc) is 3.41. The van der Waals surface area contributed by atoms with Crippen molar-refractivity contribution in [3.8, 4) is 11.4 Å². The number of rotatable bonds is 4. The number of hydrogen-bond donors (Lipinski definition) is 0. The van der Waals surface area contributed by atoms with Crippen LogP contribution in [0.5, 0.6) is 0 Å². The Balaban J connectivity index is 1.43. The van der Waals surface area contributed by atoms with Gasteiger partial charge in [0.25, 0.3) is 0 Å². The fraction of sp³-hybridized carbons (Fsp3) is 0.423. The number of carbonyl (C=O) groups is 1. The van der Waals surface area contributed by atoms with Gasteiger partial charge in [-0.3, -0.25) is 0 Å². The zero-order chi connectivity index (χ0) is 25.2. The summed E-state index contributed by atoms with van der Waals surface area (Å²) in [5.74, 6) is -3.70. The zero-order valence-corrected chi connectivity index (χ0v) is 19.9. The molecular weight excluding hydrogens is 473 g/mol. The molecule has 2 atom stereocenters. The summed E-state index contributed by atoms with van der Waals surface area (Å²) in [6.45, 7) is 5.03. The molecule has 2 unspecified atom stereocenters. The predicted molar refractivity (Wildman–Crippen MR) is 125 cm³/mol. The van der Waals surface area contributed by atoms with Gasteiger partial charge in [-0.05, 0) is 30.0 Å². The van der Waals surface area contributed by atoms with Crippen molar-refractivity contribution in [2.45, 2.75) is 31.6 Å². The van der Waals surface area contributed by atoms with Crippen molar-refractivity contribution in [2.75, 3.05) is 39.4 Å². The number of ether oxygens (including phenoxy) is 1. The van der Waals surface area contributed by atoms with Crippen LogP contribution in [0.25, 0.3) is 11.4 Å². The molecule has 10 heteroatoms. The molecular formula is C26H27F3N4O3. The van der Waals surface area contributed by atoms with Gasteiger partial charge in [-0.1, -0.05) is 36.3 Å². The van der Waals surface area contributed by atoms with Gasteiger partial charge < -0.3 is 19.1 Å². The number of carbonyl (C=O) groups excluding carboxylic acids is 1. The number of morpholine rings is 1. The third-order valence-corrected chi connectivity index (χ3v) is 6.90. The summed E-state index contributed by atoms with van der Waals surface area (Å²) in [4.78, 5) is 21.2. The minimum atomic E-state index is -1.29. The van der Waals surface area contributed by atoms with E-state index in [9.17, 15) is 18.0 Å². The van der Waals surface area contributed by atoms with Gasteiger partial charge in [0.15, 0.2) is 11.6 Å². The van der Waals surface area contributed by atoms with Crippen LogP contribution in [0, 0.1) is 17.5 Å². The van der Waals surface area contributed by atoms with Gasteiger partial charge in [-0.25, -0.2) is 18.0 Å². The van der Waals surface area contributed by atoms with E-state index in [-0.39, 0.29) is 35.1 Å². The lowest BCUT2D eigenvalue weighted by Gasteiger charge is -2.40. The Kier molecular flexibility index (Phi) is 6.95. The first-order valence-corrected chi connectivity index (χ1v) is 12.1. The lowest BCUT2D eigenvalue weighted by atomic mass is 9.84. The maximum atomic E-state index is 14.3. The SMILES string of the molecule is CCc1ccc(C2CC(c3nc(-c4cc(F)c(F)cc4F)no3)CN(C(=O)N3CCOCC3)C2)cc1. The number of urea groups is 1. The molecule has 0 saturated carbocycles. The molecule has 7 nitrogen and oxygen atoms in total. The fourth-order valence-corrected chi connectivity index (χ4v) is 4.86. The van der Waals surface area contributed by atoms with Gasteiger partial charge in [0.1, 0.15) is 5.82 Å². The molecule has 2 fully saturated rings. The quantitative estimate of drug-likeness (QED) is 0.484. The van der Waals surface area contributed by atoms with Crippen LogP contribution in [0.3, 0.4) is 0 Å². The van der Waals surface area contributed by atoms with E-state index in [1.165, 1.54) is 5.56 Å². The molecule has 2 aliphatic rings. The van der Waals surface area contributed by atoms with Crippen LogP contribution >= 0.6 is 0 Å². The van der Waals surface area contributed by atoms with Crippen molar-refractivity contribution in [1.29, 1.82) is 0 Å². The van der Waals surface area contributed by atoms with Crippen molar-refractivity contribution >= 4 is 6.03 Å². The van der Waals surface area contributed by atoms with Crippen molar-refractivity contribution in [3.63, 3.8) is 0 Å². The molecule has 0 N–H and O–H groups in total. The molecule has 2 saturated heterocycles.